The molecule has 0 bridgehead atoms. The zero-order chi connectivity index (χ0) is 15.4. The maximum atomic E-state index is 5.07. The summed E-state index contributed by atoms with van der Waals surface area (Å²) in [5.74, 6) is 1.94. The van der Waals surface area contributed by atoms with Crippen molar-refractivity contribution in [2.75, 3.05) is 14.1 Å². The van der Waals surface area contributed by atoms with Gasteiger partial charge >= 0.3 is 0 Å². The fourth-order valence-electron chi connectivity index (χ4n) is 1.99. The van der Waals surface area contributed by atoms with E-state index in [-0.39, 0.29) is 24.0 Å². The smallest absolute Gasteiger partial charge is 0.246 e. The van der Waals surface area contributed by atoms with Crippen LogP contribution in [0, 0.1) is 6.92 Å². The van der Waals surface area contributed by atoms with E-state index in [4.69, 9.17) is 4.52 Å². The molecule has 0 unspecified atom stereocenters. The average molecular weight is 483 g/mol. The molecule has 2 rings (SSSR count). The van der Waals surface area contributed by atoms with E-state index in [9.17, 15) is 0 Å². The summed E-state index contributed by atoms with van der Waals surface area (Å²) in [6.07, 6.45) is 2.03. The van der Waals surface area contributed by atoms with Crippen LogP contribution in [-0.4, -0.2) is 39.7 Å². The highest BCUT2D eigenvalue weighted by Gasteiger charge is 2.11. The standard InChI is InChI=1S/C13H19BrN6O.HI/c1-9-17-12(21-18-9)6-16-13(15-2)20(4)8-11-5-10(14)7-19(11)3;/h5,7H,6,8H2,1-4H3,(H,15,16);1H. The predicted octanol–water partition coefficient (Wildman–Crippen LogP) is 2.30. The van der Waals surface area contributed by atoms with Gasteiger partial charge in [0.25, 0.3) is 0 Å². The first-order valence-electron chi connectivity index (χ1n) is 6.51. The van der Waals surface area contributed by atoms with Gasteiger partial charge in [-0.2, -0.15) is 4.98 Å². The Kier molecular flexibility index (Phi) is 7.33. The highest BCUT2D eigenvalue weighted by Crippen LogP contribution is 2.14. The molecule has 0 aliphatic carbocycles. The Balaban J connectivity index is 0.00000242. The lowest BCUT2D eigenvalue weighted by Gasteiger charge is -2.21. The number of aryl methyl sites for hydroxylation is 2. The van der Waals surface area contributed by atoms with E-state index in [0.717, 1.165) is 17.0 Å². The van der Waals surface area contributed by atoms with Gasteiger partial charge in [0.05, 0.1) is 13.1 Å². The molecule has 22 heavy (non-hydrogen) atoms. The number of guanidine groups is 1. The highest BCUT2D eigenvalue weighted by molar-refractivity contribution is 14.0. The van der Waals surface area contributed by atoms with Gasteiger partial charge in [-0.3, -0.25) is 4.99 Å². The van der Waals surface area contributed by atoms with Gasteiger partial charge in [0, 0.05) is 37.5 Å². The van der Waals surface area contributed by atoms with E-state index < -0.39 is 0 Å². The molecule has 9 heteroatoms. The second-order valence-corrected chi connectivity index (χ2v) is 5.67. The molecule has 0 amide bonds. The minimum absolute atomic E-state index is 0. The van der Waals surface area contributed by atoms with Gasteiger partial charge in [-0.1, -0.05) is 5.16 Å². The molecular weight excluding hydrogens is 463 g/mol. The lowest BCUT2D eigenvalue weighted by atomic mass is 10.4. The first-order valence-corrected chi connectivity index (χ1v) is 7.30. The molecular formula is C13H20BrIN6O. The third kappa shape index (κ3) is 4.97. The molecule has 122 valence electrons. The molecule has 0 aromatic carbocycles. The van der Waals surface area contributed by atoms with Crippen LogP contribution < -0.4 is 5.32 Å². The molecule has 0 aliphatic rings. The molecule has 0 atom stereocenters. The van der Waals surface area contributed by atoms with Gasteiger partial charge in [0.2, 0.25) is 5.89 Å². The summed E-state index contributed by atoms with van der Waals surface area (Å²) in [6.45, 7) is 2.99. The maximum Gasteiger partial charge on any atom is 0.246 e. The summed E-state index contributed by atoms with van der Waals surface area (Å²) in [4.78, 5) is 10.4. The molecule has 2 aromatic heterocycles. The summed E-state index contributed by atoms with van der Waals surface area (Å²) in [5, 5.41) is 6.96. The van der Waals surface area contributed by atoms with Gasteiger partial charge in [0.15, 0.2) is 11.8 Å². The predicted molar refractivity (Wildman–Crippen MR) is 99.2 cm³/mol. The van der Waals surface area contributed by atoms with Gasteiger partial charge in [-0.25, -0.2) is 0 Å². The van der Waals surface area contributed by atoms with E-state index in [2.05, 4.69) is 47.0 Å². The van der Waals surface area contributed by atoms with Crippen LogP contribution in [0.2, 0.25) is 0 Å². The Morgan fingerprint density at radius 1 is 1.55 bits per heavy atom. The molecule has 0 spiro atoms. The number of halogens is 2. The van der Waals surface area contributed by atoms with Gasteiger partial charge < -0.3 is 19.3 Å². The quantitative estimate of drug-likeness (QED) is 0.411. The van der Waals surface area contributed by atoms with Crippen LogP contribution in [0.25, 0.3) is 0 Å². The zero-order valence-electron chi connectivity index (χ0n) is 13.0. The van der Waals surface area contributed by atoms with Crippen molar-refractivity contribution in [1.82, 2.24) is 24.9 Å². The van der Waals surface area contributed by atoms with Crippen molar-refractivity contribution in [3.05, 3.63) is 34.1 Å². The van der Waals surface area contributed by atoms with Crippen molar-refractivity contribution in [3.63, 3.8) is 0 Å². The van der Waals surface area contributed by atoms with Gasteiger partial charge in [-0.05, 0) is 28.9 Å². The Morgan fingerprint density at radius 2 is 2.27 bits per heavy atom. The molecule has 0 fully saturated rings. The Labute approximate surface area is 155 Å². The van der Waals surface area contributed by atoms with Crippen LogP contribution in [0.15, 0.2) is 26.3 Å². The second kappa shape index (κ2) is 8.51. The maximum absolute atomic E-state index is 5.07. The van der Waals surface area contributed by atoms with Crippen LogP contribution in [0.1, 0.15) is 17.4 Å². The third-order valence-electron chi connectivity index (χ3n) is 3.01. The number of hydrogen-bond acceptors (Lipinski definition) is 4. The summed E-state index contributed by atoms with van der Waals surface area (Å²) < 4.78 is 8.22. The summed E-state index contributed by atoms with van der Waals surface area (Å²) >= 11 is 3.48. The fourth-order valence-corrected chi connectivity index (χ4v) is 2.56. The monoisotopic (exact) mass is 482 g/mol. The summed E-state index contributed by atoms with van der Waals surface area (Å²) in [6, 6.07) is 2.09. The zero-order valence-corrected chi connectivity index (χ0v) is 16.9. The summed E-state index contributed by atoms with van der Waals surface area (Å²) in [7, 11) is 5.75. The molecule has 0 saturated heterocycles. The first kappa shape index (κ1) is 18.9. The van der Waals surface area contributed by atoms with E-state index in [1.165, 1.54) is 5.69 Å². The minimum Gasteiger partial charge on any atom is -0.352 e. The lowest BCUT2D eigenvalue weighted by Crippen LogP contribution is -2.38. The van der Waals surface area contributed by atoms with Crippen LogP contribution in [0.5, 0.6) is 0 Å². The van der Waals surface area contributed by atoms with Crippen molar-refractivity contribution in [3.8, 4) is 0 Å². The first-order chi connectivity index (χ1) is 9.99. The van der Waals surface area contributed by atoms with Crippen molar-refractivity contribution >= 4 is 45.9 Å². The van der Waals surface area contributed by atoms with E-state index in [0.29, 0.717) is 18.3 Å². The molecule has 0 saturated carbocycles. The van der Waals surface area contributed by atoms with Crippen molar-refractivity contribution in [2.45, 2.75) is 20.0 Å². The minimum atomic E-state index is 0. The molecule has 2 heterocycles. The SMILES string of the molecule is CN=C(NCc1nc(C)no1)N(C)Cc1cc(Br)cn1C.I. The normalized spacial score (nSPS) is 11.2. The fraction of sp³-hybridized carbons (Fsp3) is 0.462. The van der Waals surface area contributed by atoms with Crippen molar-refractivity contribution < 1.29 is 4.52 Å². The Hall–Kier alpha value is -1.10. The summed E-state index contributed by atoms with van der Waals surface area (Å²) in [5.41, 5.74) is 1.18. The highest BCUT2D eigenvalue weighted by atomic mass is 127. The molecule has 0 aliphatic heterocycles. The topological polar surface area (TPSA) is 71.5 Å². The molecule has 7 nitrogen and oxygen atoms in total. The van der Waals surface area contributed by atoms with Crippen LogP contribution in [0.4, 0.5) is 0 Å². The lowest BCUT2D eigenvalue weighted by molar-refractivity contribution is 0.367. The van der Waals surface area contributed by atoms with E-state index >= 15 is 0 Å². The number of nitrogens with one attached hydrogen (secondary N) is 1. The number of rotatable bonds is 4. The van der Waals surface area contributed by atoms with Crippen LogP contribution in [-0.2, 0) is 20.1 Å². The van der Waals surface area contributed by atoms with Gasteiger partial charge in [-0.15, -0.1) is 24.0 Å². The second-order valence-electron chi connectivity index (χ2n) is 4.75. The van der Waals surface area contributed by atoms with Crippen molar-refractivity contribution in [2.24, 2.45) is 12.0 Å². The largest absolute Gasteiger partial charge is 0.352 e. The number of nitrogens with zero attached hydrogens (tertiary/aromatic N) is 5. The average Bonchev–Trinajstić information content (AvgIpc) is 2.96. The number of hydrogen-bond donors (Lipinski definition) is 1. The molecule has 2 aromatic rings. The van der Waals surface area contributed by atoms with Crippen molar-refractivity contribution in [1.29, 1.82) is 0 Å². The van der Waals surface area contributed by atoms with Crippen LogP contribution in [0.3, 0.4) is 0 Å². The molecule has 0 radical (unpaired) electrons. The third-order valence-corrected chi connectivity index (χ3v) is 3.45. The Morgan fingerprint density at radius 3 is 2.77 bits per heavy atom. The van der Waals surface area contributed by atoms with Crippen LogP contribution >= 0.6 is 39.9 Å². The molecule has 1 N–H and O–H groups in total. The number of aromatic nitrogens is 3. The van der Waals surface area contributed by atoms with E-state index in [1.54, 1.807) is 14.0 Å². The van der Waals surface area contributed by atoms with E-state index in [1.807, 2.05) is 25.2 Å². The number of aliphatic imine (C=N–C) groups is 1. The van der Waals surface area contributed by atoms with Gasteiger partial charge in [0.1, 0.15) is 0 Å². The Bertz CT molecular complexity index is 638.